The largest absolute Gasteiger partial charge is 0.309 e. The Hall–Kier alpha value is -9.41. The summed E-state index contributed by atoms with van der Waals surface area (Å²) < 4.78 is 4.70. The second-order valence-corrected chi connectivity index (χ2v) is 27.2. The summed E-state index contributed by atoms with van der Waals surface area (Å²) in [7, 11) is -6.43. The lowest BCUT2D eigenvalue weighted by Gasteiger charge is -2.45. The fourth-order valence-electron chi connectivity index (χ4n) is 13.0. The minimum atomic E-state index is -3.23. The van der Waals surface area contributed by atoms with Crippen LogP contribution in [0.15, 0.2) is 286 Å². The molecule has 0 spiro atoms. The summed E-state index contributed by atoms with van der Waals surface area (Å²) in [6, 6.07) is 100. The van der Waals surface area contributed by atoms with Crippen molar-refractivity contribution in [2.24, 2.45) is 0 Å². The van der Waals surface area contributed by atoms with Gasteiger partial charge in [-0.1, -0.05) is 212 Å². The average molecular weight is 990 g/mol. The Balaban J connectivity index is 1.11. The first kappa shape index (κ1) is 43.2. The van der Waals surface area contributed by atoms with E-state index in [1.54, 1.807) is 0 Å². The first-order chi connectivity index (χ1) is 37.2. The van der Waals surface area contributed by atoms with E-state index in [1.807, 2.05) is 18.5 Å². The lowest BCUT2D eigenvalue weighted by Crippen LogP contribution is -2.78. The van der Waals surface area contributed by atoms with Gasteiger partial charge in [-0.05, 0) is 101 Å². The predicted octanol–water partition coefficient (Wildman–Crippen LogP) is 10.7. The van der Waals surface area contributed by atoms with Crippen molar-refractivity contribution in [2.45, 2.75) is 0 Å². The molecule has 15 rings (SSSR count). The van der Waals surface area contributed by atoms with Crippen LogP contribution in [0.5, 0.6) is 0 Å². The maximum absolute atomic E-state index is 5.28. The van der Waals surface area contributed by atoms with E-state index in [9.17, 15) is 0 Å². The van der Waals surface area contributed by atoms with Gasteiger partial charge in [-0.3, -0.25) is 9.30 Å². The van der Waals surface area contributed by atoms with Crippen molar-refractivity contribution in [1.82, 2.24) is 18.9 Å². The van der Waals surface area contributed by atoms with Gasteiger partial charge in [0.25, 0.3) is 0 Å². The summed E-state index contributed by atoms with van der Waals surface area (Å²) in [5.41, 5.74) is 7.83. The number of anilines is 3. The molecule has 0 aliphatic carbocycles. The van der Waals surface area contributed by atoms with Crippen LogP contribution in [0.25, 0.3) is 54.8 Å². The quantitative estimate of drug-likeness (QED) is 0.0865. The van der Waals surface area contributed by atoms with Gasteiger partial charge in [0.2, 0.25) is 0 Å². The average Bonchev–Trinajstić information content (AvgIpc) is 4.24. The van der Waals surface area contributed by atoms with Crippen molar-refractivity contribution in [3.05, 3.63) is 286 Å². The maximum atomic E-state index is 5.28. The molecule has 352 valence electrons. The number of fused-ring (bicyclic) bond motifs is 11. The van der Waals surface area contributed by atoms with E-state index in [0.717, 1.165) is 44.9 Å². The van der Waals surface area contributed by atoms with Crippen molar-refractivity contribution in [2.75, 3.05) is 4.90 Å². The molecule has 75 heavy (non-hydrogen) atoms. The Labute approximate surface area is 436 Å². The number of pyridine rings is 2. The van der Waals surface area contributed by atoms with Gasteiger partial charge in [-0.15, -0.1) is 0 Å². The highest BCUT2D eigenvalue weighted by Crippen LogP contribution is 2.42. The molecule has 0 N–H and O–H groups in total. The summed E-state index contributed by atoms with van der Waals surface area (Å²) in [6.45, 7) is 0. The smallest absolute Gasteiger partial charge is 0.184 e. The van der Waals surface area contributed by atoms with Gasteiger partial charge in [-0.2, -0.15) is 0 Å². The van der Waals surface area contributed by atoms with Gasteiger partial charge in [-0.25, -0.2) is 9.97 Å². The highest BCUT2D eigenvalue weighted by atomic mass is 28.3. The van der Waals surface area contributed by atoms with Crippen LogP contribution in [0.1, 0.15) is 0 Å². The summed E-state index contributed by atoms with van der Waals surface area (Å²) in [5, 5.41) is 16.5. The van der Waals surface area contributed by atoms with Crippen LogP contribution in [0.4, 0.5) is 17.2 Å². The first-order valence-corrected chi connectivity index (χ1v) is 29.7. The minimum absolute atomic E-state index is 0.869. The number of imidazole rings is 1. The van der Waals surface area contributed by atoms with Gasteiger partial charge >= 0.3 is 0 Å². The lowest BCUT2D eigenvalue weighted by atomic mass is 10.1. The molecule has 4 aromatic heterocycles. The molecule has 7 heteroatoms. The van der Waals surface area contributed by atoms with Crippen LogP contribution in [-0.4, -0.2) is 35.1 Å². The van der Waals surface area contributed by atoms with E-state index in [-0.39, 0.29) is 0 Å². The van der Waals surface area contributed by atoms with Crippen LogP contribution >= 0.6 is 0 Å². The molecule has 5 heterocycles. The van der Waals surface area contributed by atoms with Crippen LogP contribution in [0.3, 0.4) is 0 Å². The van der Waals surface area contributed by atoms with E-state index >= 15 is 0 Å². The lowest BCUT2D eigenvalue weighted by molar-refractivity contribution is 1.17. The van der Waals surface area contributed by atoms with Crippen LogP contribution in [0.2, 0.25) is 0 Å². The molecule has 5 nitrogen and oxygen atoms in total. The van der Waals surface area contributed by atoms with E-state index < -0.39 is 16.1 Å². The molecular formula is C68H47N5Si2. The fourth-order valence-corrected chi connectivity index (χ4v) is 22.8. The molecule has 0 bridgehead atoms. The van der Waals surface area contributed by atoms with Crippen LogP contribution < -0.4 is 46.4 Å². The standard InChI is InChI=1S/C68H47N5Si2/c1-6-22-48(23-7-1)72-61-35-19-17-33-57(61)58-46-66-64(47-62(58)72)73(67-36-20-21-41-69-67)63-45-54(38-40-65(63)75(66,51-28-12-4-13-29-51)52-30-14-5-15-31-52)74(49-24-8-2-9-25-49,50-26-10-3-11-27-50)53-37-39-55-56-32-16-18-34-60(56)71-43-42-70-68(71)59(55)44-53/h1-47H. The van der Waals surface area contributed by atoms with E-state index in [2.05, 4.69) is 281 Å². The van der Waals surface area contributed by atoms with Crippen molar-refractivity contribution in [3.8, 4) is 5.69 Å². The summed E-state index contributed by atoms with van der Waals surface area (Å²) in [5.74, 6) is 0.869. The third-order valence-corrected chi connectivity index (χ3v) is 25.6. The molecule has 1 aliphatic heterocycles. The Morgan fingerprint density at radius 2 is 0.907 bits per heavy atom. The molecule has 0 amide bonds. The van der Waals surface area contributed by atoms with Crippen molar-refractivity contribution < 1.29 is 0 Å². The molecule has 1 aliphatic rings. The van der Waals surface area contributed by atoms with Crippen molar-refractivity contribution >= 4 is 124 Å². The summed E-state index contributed by atoms with van der Waals surface area (Å²) >= 11 is 0. The molecular weight excluding hydrogens is 943 g/mol. The van der Waals surface area contributed by atoms with E-state index in [0.29, 0.717) is 0 Å². The number of nitrogens with zero attached hydrogens (tertiary/aromatic N) is 5. The molecule has 0 unspecified atom stereocenters. The van der Waals surface area contributed by atoms with Crippen molar-refractivity contribution in [1.29, 1.82) is 0 Å². The predicted molar refractivity (Wildman–Crippen MR) is 318 cm³/mol. The second-order valence-electron chi connectivity index (χ2n) is 19.7. The molecule has 0 saturated heterocycles. The Kier molecular flexibility index (Phi) is 9.85. The Bertz CT molecular complexity index is 4390. The molecule has 0 saturated carbocycles. The van der Waals surface area contributed by atoms with Crippen LogP contribution in [-0.2, 0) is 0 Å². The molecule has 0 fully saturated rings. The molecule has 0 radical (unpaired) electrons. The summed E-state index contributed by atoms with van der Waals surface area (Å²) in [6.07, 6.45) is 5.97. The molecule has 0 atom stereocenters. The summed E-state index contributed by atoms with van der Waals surface area (Å²) in [4.78, 5) is 12.8. The van der Waals surface area contributed by atoms with Gasteiger partial charge < -0.3 is 4.57 Å². The first-order valence-electron chi connectivity index (χ1n) is 25.7. The van der Waals surface area contributed by atoms with Gasteiger partial charge in [0.05, 0.1) is 22.2 Å². The Morgan fingerprint density at radius 1 is 0.347 bits per heavy atom. The fraction of sp³-hybridized carbons (Fsp3) is 0. The third-order valence-electron chi connectivity index (χ3n) is 16.0. The zero-order chi connectivity index (χ0) is 49.5. The zero-order valence-corrected chi connectivity index (χ0v) is 42.9. The number of aromatic nitrogens is 4. The number of hydrogen-bond donors (Lipinski definition) is 0. The second kappa shape index (κ2) is 17.1. The van der Waals surface area contributed by atoms with E-state index in [4.69, 9.17) is 9.97 Å². The maximum Gasteiger partial charge on any atom is 0.184 e. The van der Waals surface area contributed by atoms with Gasteiger partial charge in [0.1, 0.15) is 11.5 Å². The van der Waals surface area contributed by atoms with Gasteiger partial charge in [0.15, 0.2) is 16.1 Å². The number of benzene rings is 10. The topological polar surface area (TPSA) is 38.4 Å². The minimum Gasteiger partial charge on any atom is -0.309 e. The van der Waals surface area contributed by atoms with Gasteiger partial charge in [0, 0.05) is 51.5 Å². The highest BCUT2D eigenvalue weighted by molar-refractivity contribution is 7.22. The number of hydrogen-bond acceptors (Lipinski definition) is 3. The normalized spacial score (nSPS) is 13.1. The Morgan fingerprint density at radius 3 is 1.57 bits per heavy atom. The zero-order valence-electron chi connectivity index (χ0n) is 40.9. The third kappa shape index (κ3) is 6.29. The number of para-hydroxylation sites is 3. The van der Waals surface area contributed by atoms with Crippen molar-refractivity contribution in [3.63, 3.8) is 0 Å². The number of rotatable bonds is 8. The molecule has 10 aromatic carbocycles. The van der Waals surface area contributed by atoms with Crippen LogP contribution in [0, 0.1) is 0 Å². The van der Waals surface area contributed by atoms with E-state index in [1.165, 1.54) is 68.6 Å². The molecule has 14 aromatic rings. The highest BCUT2D eigenvalue weighted by Gasteiger charge is 2.51. The SMILES string of the molecule is c1ccc(-n2c3ccccc3c3cc4c(cc32)N(c2ccccn2)c2cc([Si](c3ccccc3)(c3ccccc3)c3ccc5c6ccccc6n6ccnc6c5c3)ccc2[Si]4(c2ccccc2)c2ccccc2)cc1. The monoisotopic (exact) mass is 989 g/mol.